The Kier molecular flexibility index (Phi) is 2.00. The number of allylic oxidation sites excluding steroid dienone is 2. The summed E-state index contributed by atoms with van der Waals surface area (Å²) in [5.41, 5.74) is 0. The van der Waals surface area contributed by atoms with Gasteiger partial charge in [0.05, 0.1) is 11.8 Å². The number of carbonyl (C=O) groups is 2. The molecule has 4 atom stereocenters. The van der Waals surface area contributed by atoms with Gasteiger partial charge < -0.3 is 0 Å². The molecule has 16 heavy (non-hydrogen) atoms. The van der Waals surface area contributed by atoms with Gasteiger partial charge in [-0.15, -0.1) is 0 Å². The lowest BCUT2D eigenvalue weighted by atomic mass is 9.85. The fourth-order valence-corrected chi connectivity index (χ4v) is 3.51. The summed E-state index contributed by atoms with van der Waals surface area (Å²) in [4.78, 5) is 25.9. The quantitative estimate of drug-likeness (QED) is 0.520. The molecule has 2 aliphatic carbocycles. The molecule has 0 aromatic carbocycles. The minimum Gasteiger partial charge on any atom is -0.282 e. The predicted octanol–water partition coefficient (Wildman–Crippen LogP) is 1.45. The third kappa shape index (κ3) is 1.14. The monoisotopic (exact) mass is 219 g/mol. The Balaban J connectivity index is 1.89. The van der Waals surface area contributed by atoms with Gasteiger partial charge in [0.15, 0.2) is 0 Å². The lowest BCUT2D eigenvalue weighted by Crippen LogP contribution is -2.35. The minimum absolute atomic E-state index is 0.0266. The van der Waals surface area contributed by atoms with Crippen LogP contribution in [0.15, 0.2) is 12.2 Å². The zero-order valence-electron chi connectivity index (χ0n) is 9.72. The van der Waals surface area contributed by atoms with Crippen molar-refractivity contribution in [3.05, 3.63) is 12.2 Å². The summed E-state index contributed by atoms with van der Waals surface area (Å²) in [5.74, 6) is 1.15. The van der Waals surface area contributed by atoms with Crippen molar-refractivity contribution in [2.75, 3.05) is 6.54 Å². The summed E-state index contributed by atoms with van der Waals surface area (Å²) in [6, 6.07) is 0. The van der Waals surface area contributed by atoms with Gasteiger partial charge in [0, 0.05) is 6.54 Å². The normalized spacial score (nSPS) is 40.3. The second kappa shape index (κ2) is 3.19. The SMILES string of the molecule is CC(C)CN1C(=O)[C@H]2[C@H](C1=O)[C@H]1C=C[C@@H]2C1. The van der Waals surface area contributed by atoms with Gasteiger partial charge in [0.1, 0.15) is 0 Å². The smallest absolute Gasteiger partial charge is 0.233 e. The summed E-state index contributed by atoms with van der Waals surface area (Å²) in [5, 5.41) is 0. The Hall–Kier alpha value is -1.12. The minimum atomic E-state index is -0.0266. The maximum absolute atomic E-state index is 12.2. The summed E-state index contributed by atoms with van der Waals surface area (Å²) >= 11 is 0. The van der Waals surface area contributed by atoms with Crippen LogP contribution >= 0.6 is 0 Å². The number of likely N-dealkylation sites (tertiary alicyclic amines) is 1. The first-order chi connectivity index (χ1) is 7.59. The standard InChI is InChI=1S/C13H17NO2/c1-7(2)6-14-12(15)10-8-3-4-9(5-8)11(10)13(14)16/h3-4,7-11H,5-6H2,1-2H3/t8-,9+,10-,11-/m1/s1. The van der Waals surface area contributed by atoms with E-state index in [1.165, 1.54) is 4.90 Å². The molecule has 1 saturated carbocycles. The molecule has 3 aliphatic rings. The molecule has 0 aromatic rings. The fourth-order valence-electron chi connectivity index (χ4n) is 3.51. The van der Waals surface area contributed by atoms with Gasteiger partial charge in [-0.1, -0.05) is 26.0 Å². The van der Waals surface area contributed by atoms with Crippen LogP contribution in [0.5, 0.6) is 0 Å². The summed E-state index contributed by atoms with van der Waals surface area (Å²) in [6.45, 7) is 4.67. The van der Waals surface area contributed by atoms with E-state index in [2.05, 4.69) is 12.2 Å². The second-order valence-electron chi connectivity index (χ2n) is 5.68. The largest absolute Gasteiger partial charge is 0.282 e. The number of amides is 2. The van der Waals surface area contributed by atoms with Crippen molar-refractivity contribution in [1.29, 1.82) is 0 Å². The molecule has 0 N–H and O–H groups in total. The number of hydrogen-bond donors (Lipinski definition) is 0. The number of imide groups is 1. The number of nitrogens with zero attached hydrogens (tertiary/aromatic N) is 1. The molecule has 86 valence electrons. The molecule has 2 fully saturated rings. The van der Waals surface area contributed by atoms with Crippen molar-refractivity contribution in [1.82, 2.24) is 4.90 Å². The van der Waals surface area contributed by atoms with Gasteiger partial charge in [0.25, 0.3) is 0 Å². The zero-order chi connectivity index (χ0) is 11.4. The molecule has 3 rings (SSSR count). The Bertz CT molecular complexity index is 355. The predicted molar refractivity (Wildman–Crippen MR) is 59.3 cm³/mol. The van der Waals surface area contributed by atoms with Crippen molar-refractivity contribution >= 4 is 11.8 Å². The molecule has 0 unspecified atom stereocenters. The highest BCUT2D eigenvalue weighted by atomic mass is 16.2. The van der Waals surface area contributed by atoms with Gasteiger partial charge in [0.2, 0.25) is 11.8 Å². The van der Waals surface area contributed by atoms with E-state index < -0.39 is 0 Å². The van der Waals surface area contributed by atoms with Crippen molar-refractivity contribution in [3.63, 3.8) is 0 Å². The Labute approximate surface area is 95.5 Å². The van der Waals surface area contributed by atoms with Crippen LogP contribution in [0.1, 0.15) is 20.3 Å². The summed E-state index contributed by atoms with van der Waals surface area (Å²) < 4.78 is 0. The molecule has 1 saturated heterocycles. The van der Waals surface area contributed by atoms with Crippen LogP contribution in [0.3, 0.4) is 0 Å². The van der Waals surface area contributed by atoms with Crippen LogP contribution in [0.2, 0.25) is 0 Å². The molecular formula is C13H17NO2. The topological polar surface area (TPSA) is 37.4 Å². The lowest BCUT2D eigenvalue weighted by molar-refractivity contribution is -0.141. The molecule has 2 bridgehead atoms. The number of carbonyl (C=O) groups excluding carboxylic acids is 2. The Morgan fingerprint density at radius 3 is 2.12 bits per heavy atom. The molecule has 0 radical (unpaired) electrons. The number of fused-ring (bicyclic) bond motifs is 5. The van der Waals surface area contributed by atoms with E-state index in [4.69, 9.17) is 0 Å². The van der Waals surface area contributed by atoms with E-state index in [1.54, 1.807) is 0 Å². The first-order valence-corrected chi connectivity index (χ1v) is 6.13. The van der Waals surface area contributed by atoms with E-state index in [-0.39, 0.29) is 23.7 Å². The highest BCUT2D eigenvalue weighted by Gasteiger charge is 2.58. The maximum Gasteiger partial charge on any atom is 0.233 e. The van der Waals surface area contributed by atoms with E-state index in [1.807, 2.05) is 13.8 Å². The summed E-state index contributed by atoms with van der Waals surface area (Å²) in [6.07, 6.45) is 5.29. The first-order valence-electron chi connectivity index (χ1n) is 6.13. The van der Waals surface area contributed by atoms with Crippen LogP contribution in [0.25, 0.3) is 0 Å². The van der Waals surface area contributed by atoms with Crippen LogP contribution in [-0.4, -0.2) is 23.3 Å². The van der Waals surface area contributed by atoms with Gasteiger partial charge in [-0.25, -0.2) is 0 Å². The average molecular weight is 219 g/mol. The number of hydrogen-bond acceptors (Lipinski definition) is 2. The first kappa shape index (κ1) is 10.1. The Morgan fingerprint density at radius 1 is 1.19 bits per heavy atom. The van der Waals surface area contributed by atoms with Crippen molar-refractivity contribution in [3.8, 4) is 0 Å². The molecule has 3 heteroatoms. The van der Waals surface area contributed by atoms with Crippen molar-refractivity contribution in [2.24, 2.45) is 29.6 Å². The molecule has 0 spiro atoms. The fraction of sp³-hybridized carbons (Fsp3) is 0.692. The van der Waals surface area contributed by atoms with E-state index >= 15 is 0 Å². The molecule has 1 aliphatic heterocycles. The molecule has 0 aromatic heterocycles. The van der Waals surface area contributed by atoms with Crippen molar-refractivity contribution in [2.45, 2.75) is 20.3 Å². The summed E-state index contributed by atoms with van der Waals surface area (Å²) in [7, 11) is 0. The molecular weight excluding hydrogens is 202 g/mol. The van der Waals surface area contributed by atoms with Gasteiger partial charge in [-0.2, -0.15) is 0 Å². The number of rotatable bonds is 2. The van der Waals surface area contributed by atoms with E-state index in [0.29, 0.717) is 24.3 Å². The van der Waals surface area contributed by atoms with Crippen molar-refractivity contribution < 1.29 is 9.59 Å². The highest BCUT2D eigenvalue weighted by molar-refractivity contribution is 6.06. The zero-order valence-corrected chi connectivity index (χ0v) is 9.72. The van der Waals surface area contributed by atoms with Crippen LogP contribution in [0.4, 0.5) is 0 Å². The highest BCUT2D eigenvalue weighted by Crippen LogP contribution is 2.52. The van der Waals surface area contributed by atoms with Gasteiger partial charge in [-0.05, 0) is 24.2 Å². The van der Waals surface area contributed by atoms with E-state index in [0.717, 1.165) is 6.42 Å². The molecule has 3 nitrogen and oxygen atoms in total. The van der Waals surface area contributed by atoms with Crippen LogP contribution in [0, 0.1) is 29.6 Å². The lowest BCUT2D eigenvalue weighted by Gasteiger charge is -2.18. The van der Waals surface area contributed by atoms with Gasteiger partial charge >= 0.3 is 0 Å². The maximum atomic E-state index is 12.2. The van der Waals surface area contributed by atoms with E-state index in [9.17, 15) is 9.59 Å². The third-order valence-corrected chi connectivity index (χ3v) is 4.11. The molecule has 2 amide bonds. The van der Waals surface area contributed by atoms with Crippen LogP contribution < -0.4 is 0 Å². The van der Waals surface area contributed by atoms with Crippen LogP contribution in [-0.2, 0) is 9.59 Å². The second-order valence-corrected chi connectivity index (χ2v) is 5.68. The average Bonchev–Trinajstić information content (AvgIpc) is 2.87. The third-order valence-electron chi connectivity index (χ3n) is 4.11. The van der Waals surface area contributed by atoms with Gasteiger partial charge in [-0.3, -0.25) is 14.5 Å². The molecule has 1 heterocycles. The Morgan fingerprint density at radius 2 is 1.69 bits per heavy atom.